The molecule has 3 heterocycles. The van der Waals surface area contributed by atoms with Crippen molar-refractivity contribution >= 4 is 17.4 Å². The van der Waals surface area contributed by atoms with Crippen LogP contribution < -0.4 is 4.90 Å². The third-order valence-corrected chi connectivity index (χ3v) is 7.19. The fourth-order valence-electron chi connectivity index (χ4n) is 5.52. The molecule has 162 valence electrons. The average molecular weight is 426 g/mol. The second kappa shape index (κ2) is 10.2. The Hall–Kier alpha value is -1.58. The monoisotopic (exact) mass is 425 g/mol. The molecule has 2 saturated heterocycles. The van der Waals surface area contributed by atoms with Crippen LogP contribution in [0.2, 0.25) is 5.02 Å². The fourth-order valence-corrected chi connectivity index (χ4v) is 5.64. The molecule has 0 aliphatic carbocycles. The molecule has 2 fully saturated rings. The zero-order chi connectivity index (χ0) is 20.9. The third-order valence-electron chi connectivity index (χ3n) is 6.94. The summed E-state index contributed by atoms with van der Waals surface area (Å²) in [7, 11) is 0. The van der Waals surface area contributed by atoms with Crippen LogP contribution in [0.1, 0.15) is 51.5 Å². The summed E-state index contributed by atoms with van der Waals surface area (Å²) in [6.07, 6.45) is 9.58. The van der Waals surface area contributed by atoms with Crippen molar-refractivity contribution in [2.24, 2.45) is 11.8 Å². The lowest BCUT2D eigenvalue weighted by Gasteiger charge is -2.47. The summed E-state index contributed by atoms with van der Waals surface area (Å²) in [5.74, 6) is 2.76. The molecule has 3 nitrogen and oxygen atoms in total. The van der Waals surface area contributed by atoms with Gasteiger partial charge in [0.1, 0.15) is 5.82 Å². The molecule has 0 amide bonds. The molecule has 30 heavy (non-hydrogen) atoms. The number of benzene rings is 1. The molecule has 0 unspecified atom stereocenters. The van der Waals surface area contributed by atoms with E-state index in [0.29, 0.717) is 12.1 Å². The van der Waals surface area contributed by atoms with Crippen molar-refractivity contribution in [2.45, 2.75) is 64.5 Å². The molecule has 4 rings (SSSR count). The van der Waals surface area contributed by atoms with Crippen molar-refractivity contribution in [3.05, 3.63) is 59.2 Å². The van der Waals surface area contributed by atoms with E-state index >= 15 is 0 Å². The first kappa shape index (κ1) is 21.6. The first-order valence-electron chi connectivity index (χ1n) is 11.7. The molecule has 2 atom stereocenters. The molecule has 1 aromatic carbocycles. The molecule has 2 aliphatic heterocycles. The lowest BCUT2D eigenvalue weighted by atomic mass is 9.83. The number of rotatable bonds is 6. The number of hydrogen-bond donors (Lipinski definition) is 0. The molecule has 1 aromatic heterocycles. The van der Waals surface area contributed by atoms with Crippen molar-refractivity contribution in [3.63, 3.8) is 0 Å². The fraction of sp³-hybridized carbons (Fsp3) is 0.577. The molecule has 4 heteroatoms. The number of piperidine rings is 2. The Bertz CT molecular complexity index is 769. The summed E-state index contributed by atoms with van der Waals surface area (Å²) in [6.45, 7) is 8.23. The van der Waals surface area contributed by atoms with Gasteiger partial charge in [0.2, 0.25) is 0 Å². The highest BCUT2D eigenvalue weighted by atomic mass is 35.5. The number of likely N-dealkylation sites (tertiary alicyclic amines) is 1. The molecule has 2 aliphatic rings. The van der Waals surface area contributed by atoms with Gasteiger partial charge in [-0.1, -0.05) is 43.6 Å². The minimum atomic E-state index is 0.654. The summed E-state index contributed by atoms with van der Waals surface area (Å²) in [5.41, 5.74) is 1.42. The van der Waals surface area contributed by atoms with Gasteiger partial charge < -0.3 is 4.90 Å². The van der Waals surface area contributed by atoms with Gasteiger partial charge >= 0.3 is 0 Å². The summed E-state index contributed by atoms with van der Waals surface area (Å²) >= 11 is 6.12. The topological polar surface area (TPSA) is 19.4 Å². The maximum absolute atomic E-state index is 6.12. The highest BCUT2D eigenvalue weighted by Gasteiger charge is 2.35. The van der Waals surface area contributed by atoms with Gasteiger partial charge in [0, 0.05) is 42.9 Å². The number of hydrogen-bond acceptors (Lipinski definition) is 3. The predicted octanol–water partition coefficient (Wildman–Crippen LogP) is 6.07. The van der Waals surface area contributed by atoms with Crippen molar-refractivity contribution in [3.8, 4) is 0 Å². The van der Waals surface area contributed by atoms with Crippen LogP contribution in [0.5, 0.6) is 0 Å². The number of aromatic nitrogens is 1. The van der Waals surface area contributed by atoms with E-state index in [0.717, 1.165) is 42.2 Å². The lowest BCUT2D eigenvalue weighted by Crippen LogP contribution is -2.53. The first-order valence-corrected chi connectivity index (χ1v) is 12.1. The van der Waals surface area contributed by atoms with Crippen LogP contribution in [-0.4, -0.2) is 41.6 Å². The molecule has 0 spiro atoms. The van der Waals surface area contributed by atoms with E-state index in [4.69, 9.17) is 11.6 Å². The Morgan fingerprint density at radius 1 is 1.00 bits per heavy atom. The number of halogens is 1. The summed E-state index contributed by atoms with van der Waals surface area (Å²) < 4.78 is 0. The molecule has 0 N–H and O–H groups in total. The third kappa shape index (κ3) is 5.56. The summed E-state index contributed by atoms with van der Waals surface area (Å²) in [4.78, 5) is 9.91. The number of anilines is 1. The second-order valence-corrected chi connectivity index (χ2v) is 10.1. The highest BCUT2D eigenvalue weighted by molar-refractivity contribution is 6.30. The normalized spacial score (nSPS) is 23.8. The van der Waals surface area contributed by atoms with Crippen LogP contribution in [-0.2, 0) is 6.42 Å². The van der Waals surface area contributed by atoms with Gasteiger partial charge in [-0.15, -0.1) is 0 Å². The summed E-state index contributed by atoms with van der Waals surface area (Å²) in [5, 5.41) is 0.832. The van der Waals surface area contributed by atoms with E-state index < -0.39 is 0 Å². The molecule has 0 saturated carbocycles. The van der Waals surface area contributed by atoms with Gasteiger partial charge in [0.25, 0.3) is 0 Å². The van der Waals surface area contributed by atoms with Crippen LogP contribution in [0.15, 0.2) is 48.7 Å². The Morgan fingerprint density at radius 2 is 1.77 bits per heavy atom. The van der Waals surface area contributed by atoms with Crippen LogP contribution in [0.4, 0.5) is 5.82 Å². The summed E-state index contributed by atoms with van der Waals surface area (Å²) in [6, 6.07) is 16.1. The van der Waals surface area contributed by atoms with Gasteiger partial charge in [-0.05, 0) is 80.2 Å². The minimum absolute atomic E-state index is 0.654. The van der Waals surface area contributed by atoms with Gasteiger partial charge in [-0.2, -0.15) is 0 Å². The van der Waals surface area contributed by atoms with E-state index in [1.165, 1.54) is 44.2 Å². The van der Waals surface area contributed by atoms with Gasteiger partial charge in [-0.25, -0.2) is 4.98 Å². The standard InChI is InChI=1S/C26H36ClN3/c1-20(2)17-22-8-11-25(18-21-6-9-23(27)10-7-21)30(19-22)24-12-15-29(16-13-24)26-5-3-4-14-28-26/h3-7,9-10,14,20,22,24-25H,8,11-13,15-19H2,1-2H3/t22-,25+/m0/s1. The highest BCUT2D eigenvalue weighted by Crippen LogP contribution is 2.33. The van der Waals surface area contributed by atoms with E-state index in [1.54, 1.807) is 0 Å². The lowest BCUT2D eigenvalue weighted by molar-refractivity contribution is 0.0448. The van der Waals surface area contributed by atoms with Gasteiger partial charge in [0.05, 0.1) is 0 Å². The van der Waals surface area contributed by atoms with Gasteiger partial charge in [0.15, 0.2) is 0 Å². The molecule has 0 bridgehead atoms. The van der Waals surface area contributed by atoms with E-state index in [-0.39, 0.29) is 0 Å². The van der Waals surface area contributed by atoms with Gasteiger partial charge in [-0.3, -0.25) is 4.90 Å². The van der Waals surface area contributed by atoms with Crippen LogP contribution in [0.3, 0.4) is 0 Å². The smallest absolute Gasteiger partial charge is 0.128 e. The Balaban J connectivity index is 1.43. The molecular formula is C26H36ClN3. The molecular weight excluding hydrogens is 390 g/mol. The van der Waals surface area contributed by atoms with Crippen LogP contribution >= 0.6 is 11.6 Å². The van der Waals surface area contributed by atoms with Crippen molar-refractivity contribution in [1.82, 2.24) is 9.88 Å². The number of nitrogens with zero attached hydrogens (tertiary/aromatic N) is 3. The second-order valence-electron chi connectivity index (χ2n) is 9.66. The Kier molecular flexibility index (Phi) is 7.32. The van der Waals surface area contributed by atoms with E-state index in [9.17, 15) is 0 Å². The van der Waals surface area contributed by atoms with Crippen LogP contribution in [0.25, 0.3) is 0 Å². The Morgan fingerprint density at radius 3 is 2.43 bits per heavy atom. The quantitative estimate of drug-likeness (QED) is 0.559. The Labute approximate surface area is 187 Å². The first-order chi connectivity index (χ1) is 14.6. The van der Waals surface area contributed by atoms with Crippen molar-refractivity contribution < 1.29 is 0 Å². The van der Waals surface area contributed by atoms with Crippen molar-refractivity contribution in [2.75, 3.05) is 24.5 Å². The number of pyridine rings is 1. The molecule has 2 aromatic rings. The zero-order valence-electron chi connectivity index (χ0n) is 18.5. The largest absolute Gasteiger partial charge is 0.357 e. The average Bonchev–Trinajstić information content (AvgIpc) is 2.77. The van der Waals surface area contributed by atoms with E-state index in [2.05, 4.69) is 52.9 Å². The van der Waals surface area contributed by atoms with Crippen LogP contribution in [0, 0.1) is 11.8 Å². The zero-order valence-corrected chi connectivity index (χ0v) is 19.3. The SMILES string of the molecule is CC(C)C[C@@H]1CC[C@H](Cc2ccc(Cl)cc2)N(C2CCN(c3ccccn3)CC2)C1. The van der Waals surface area contributed by atoms with Crippen molar-refractivity contribution in [1.29, 1.82) is 0 Å². The molecule has 0 radical (unpaired) electrons. The van der Waals surface area contributed by atoms with E-state index in [1.807, 2.05) is 24.4 Å². The predicted molar refractivity (Wildman–Crippen MR) is 127 cm³/mol. The maximum Gasteiger partial charge on any atom is 0.128 e. The minimum Gasteiger partial charge on any atom is -0.357 e. The maximum atomic E-state index is 6.12.